The van der Waals surface area contributed by atoms with Gasteiger partial charge >= 0.3 is 0 Å². The molecule has 4 fully saturated rings. The number of ether oxygens (including phenoxy) is 1. The Morgan fingerprint density at radius 3 is 2.81 bits per heavy atom. The zero-order valence-corrected chi connectivity index (χ0v) is 15.7. The van der Waals surface area contributed by atoms with Crippen molar-refractivity contribution in [2.75, 3.05) is 39.3 Å². The second-order valence-corrected chi connectivity index (χ2v) is 8.30. The molecular weight excluding hydrogens is 358 g/mol. The number of nitrogens with two attached hydrogens (primary N) is 1. The molecule has 6 unspecified atom stereocenters. The summed E-state index contributed by atoms with van der Waals surface area (Å²) in [6.45, 7) is 4.87. The molecule has 0 radical (unpaired) electrons. The lowest BCUT2D eigenvalue weighted by Crippen LogP contribution is -2.61. The molecule has 4 aliphatic rings. The summed E-state index contributed by atoms with van der Waals surface area (Å²) in [5, 5.41) is 15.2. The Balaban J connectivity index is 1.37. The second kappa shape index (κ2) is 8.24. The SMILES string of the molecule is NC1NN2CC(Cl)CNC2C1C(=O)NC1CNCCC1O[C@H]1CCNC1. The maximum Gasteiger partial charge on any atom is 0.229 e. The molecule has 1 amide bonds. The molecule has 10 heteroatoms. The molecule has 0 aromatic heterocycles. The van der Waals surface area contributed by atoms with Crippen molar-refractivity contribution < 1.29 is 9.53 Å². The smallest absolute Gasteiger partial charge is 0.229 e. The Morgan fingerprint density at radius 2 is 2.00 bits per heavy atom. The van der Waals surface area contributed by atoms with Crippen LogP contribution in [0.3, 0.4) is 0 Å². The average molecular weight is 388 g/mol. The molecule has 26 heavy (non-hydrogen) atoms. The van der Waals surface area contributed by atoms with Gasteiger partial charge in [0.05, 0.1) is 41.9 Å². The second-order valence-electron chi connectivity index (χ2n) is 7.68. The van der Waals surface area contributed by atoms with Crippen molar-refractivity contribution in [2.24, 2.45) is 11.7 Å². The average Bonchev–Trinajstić information content (AvgIpc) is 3.23. The summed E-state index contributed by atoms with van der Waals surface area (Å²) < 4.78 is 6.27. The van der Waals surface area contributed by atoms with Crippen LogP contribution < -0.4 is 32.4 Å². The summed E-state index contributed by atoms with van der Waals surface area (Å²) in [7, 11) is 0. The zero-order chi connectivity index (χ0) is 18.1. The minimum absolute atomic E-state index is 0.00751. The first kappa shape index (κ1) is 18.8. The van der Waals surface area contributed by atoms with Gasteiger partial charge in [0, 0.05) is 26.2 Å². The number of carbonyl (C=O) groups excluding carboxylic acids is 1. The van der Waals surface area contributed by atoms with Crippen molar-refractivity contribution >= 4 is 17.5 Å². The van der Waals surface area contributed by atoms with E-state index in [1.807, 2.05) is 5.01 Å². The van der Waals surface area contributed by atoms with E-state index in [4.69, 9.17) is 22.1 Å². The van der Waals surface area contributed by atoms with E-state index in [1.54, 1.807) is 0 Å². The molecule has 7 atom stereocenters. The highest BCUT2D eigenvalue weighted by molar-refractivity contribution is 6.21. The summed E-state index contributed by atoms with van der Waals surface area (Å²) in [4.78, 5) is 13.0. The van der Waals surface area contributed by atoms with E-state index in [0.717, 1.165) is 39.0 Å². The Hall–Kier alpha value is -0.520. The number of nitrogens with one attached hydrogen (secondary N) is 5. The van der Waals surface area contributed by atoms with Crippen LogP contribution in [0, 0.1) is 5.92 Å². The lowest BCUT2D eigenvalue weighted by molar-refractivity contribution is -0.129. The lowest BCUT2D eigenvalue weighted by Gasteiger charge is -2.37. The van der Waals surface area contributed by atoms with Gasteiger partial charge in [-0.2, -0.15) is 0 Å². The fraction of sp³-hybridized carbons (Fsp3) is 0.938. The monoisotopic (exact) mass is 387 g/mol. The molecule has 0 aromatic carbocycles. The molecule has 4 rings (SSSR count). The van der Waals surface area contributed by atoms with E-state index in [2.05, 4.69) is 26.7 Å². The van der Waals surface area contributed by atoms with Gasteiger partial charge in [0.1, 0.15) is 0 Å². The topological polar surface area (TPSA) is 116 Å². The van der Waals surface area contributed by atoms with Gasteiger partial charge in [0.15, 0.2) is 0 Å². The van der Waals surface area contributed by atoms with Gasteiger partial charge in [-0.3, -0.25) is 10.1 Å². The number of piperidine rings is 1. The van der Waals surface area contributed by atoms with Crippen molar-refractivity contribution in [3.8, 4) is 0 Å². The molecule has 0 spiro atoms. The van der Waals surface area contributed by atoms with Crippen molar-refractivity contribution in [3.63, 3.8) is 0 Å². The highest BCUT2D eigenvalue weighted by Gasteiger charge is 2.47. The van der Waals surface area contributed by atoms with Crippen LogP contribution in [0.15, 0.2) is 0 Å². The largest absolute Gasteiger partial charge is 0.371 e. The normalized spacial score (nSPS) is 44.0. The number of rotatable bonds is 4. The summed E-state index contributed by atoms with van der Waals surface area (Å²) in [5.41, 5.74) is 9.38. The Kier molecular flexibility index (Phi) is 5.96. The first-order chi connectivity index (χ1) is 12.6. The van der Waals surface area contributed by atoms with Gasteiger partial charge in [-0.25, -0.2) is 10.4 Å². The maximum absolute atomic E-state index is 13.0. The van der Waals surface area contributed by atoms with Crippen LogP contribution in [0.1, 0.15) is 12.8 Å². The number of hydrogen-bond donors (Lipinski definition) is 6. The van der Waals surface area contributed by atoms with E-state index < -0.39 is 6.17 Å². The third kappa shape index (κ3) is 4.00. The number of nitrogens with zero attached hydrogens (tertiary/aromatic N) is 1. The minimum atomic E-state index is -0.426. The number of halogens is 1. The van der Waals surface area contributed by atoms with Gasteiger partial charge in [-0.05, 0) is 25.9 Å². The lowest BCUT2D eigenvalue weighted by atomic mass is 9.98. The van der Waals surface area contributed by atoms with Crippen LogP contribution in [0.2, 0.25) is 0 Å². The molecule has 9 nitrogen and oxygen atoms in total. The van der Waals surface area contributed by atoms with Gasteiger partial charge in [-0.1, -0.05) is 0 Å². The minimum Gasteiger partial charge on any atom is -0.371 e. The standard InChI is InChI=1S/C16H30ClN7O2/c17-9-5-21-15-13(14(18)23-24(15)8-9)16(25)22-11-7-20-4-2-12(11)26-10-1-3-19-6-10/h9-15,19-21,23H,1-8,18H2,(H,22,25)/t9?,10-,11?,12?,13?,14?,15?/m0/s1. The predicted octanol–water partition coefficient (Wildman–Crippen LogP) is -2.53. The number of carbonyl (C=O) groups is 1. The number of alkyl halides is 1. The van der Waals surface area contributed by atoms with Crippen LogP contribution in [0.25, 0.3) is 0 Å². The van der Waals surface area contributed by atoms with Crippen molar-refractivity contribution in [1.29, 1.82) is 0 Å². The van der Waals surface area contributed by atoms with E-state index in [-0.39, 0.29) is 41.6 Å². The van der Waals surface area contributed by atoms with E-state index in [9.17, 15) is 4.79 Å². The van der Waals surface area contributed by atoms with Gasteiger partial charge < -0.3 is 26.4 Å². The van der Waals surface area contributed by atoms with E-state index in [1.165, 1.54) is 0 Å². The molecular formula is C16H30ClN7O2. The quantitative estimate of drug-likeness (QED) is 0.293. The van der Waals surface area contributed by atoms with Gasteiger partial charge in [0.2, 0.25) is 5.91 Å². The summed E-state index contributed by atoms with van der Waals surface area (Å²) in [5.74, 6) is -0.403. The fourth-order valence-corrected chi connectivity index (χ4v) is 4.63. The van der Waals surface area contributed by atoms with Gasteiger partial charge in [0.25, 0.3) is 0 Å². The molecule has 0 aromatic rings. The Morgan fingerprint density at radius 1 is 1.19 bits per heavy atom. The highest BCUT2D eigenvalue weighted by Crippen LogP contribution is 2.23. The highest BCUT2D eigenvalue weighted by atomic mass is 35.5. The van der Waals surface area contributed by atoms with Crippen molar-refractivity contribution in [1.82, 2.24) is 31.7 Å². The number of hydrogen-bond acceptors (Lipinski definition) is 8. The van der Waals surface area contributed by atoms with Crippen molar-refractivity contribution in [3.05, 3.63) is 0 Å². The molecule has 0 bridgehead atoms. The van der Waals surface area contributed by atoms with Gasteiger partial charge in [-0.15, -0.1) is 11.6 Å². The maximum atomic E-state index is 13.0. The summed E-state index contributed by atoms with van der Waals surface area (Å²) in [6, 6.07) is -0.0394. The summed E-state index contributed by atoms with van der Waals surface area (Å²) in [6.07, 6.45) is 1.66. The first-order valence-corrected chi connectivity index (χ1v) is 10.1. The molecule has 148 valence electrons. The zero-order valence-electron chi connectivity index (χ0n) is 14.9. The third-order valence-corrected chi connectivity index (χ3v) is 6.04. The number of hydrazine groups is 1. The summed E-state index contributed by atoms with van der Waals surface area (Å²) >= 11 is 6.20. The third-order valence-electron chi connectivity index (χ3n) is 5.75. The molecule has 4 aliphatic heterocycles. The Labute approximate surface area is 159 Å². The van der Waals surface area contributed by atoms with Crippen LogP contribution in [-0.4, -0.2) is 86.1 Å². The van der Waals surface area contributed by atoms with Crippen LogP contribution in [0.5, 0.6) is 0 Å². The number of fused-ring (bicyclic) bond motifs is 1. The molecule has 4 saturated heterocycles. The molecule has 4 heterocycles. The van der Waals surface area contributed by atoms with Crippen LogP contribution >= 0.6 is 11.6 Å². The first-order valence-electron chi connectivity index (χ1n) is 9.65. The Bertz CT molecular complexity index is 507. The molecule has 0 aliphatic carbocycles. The van der Waals surface area contributed by atoms with Crippen molar-refractivity contribution in [2.45, 2.75) is 48.8 Å². The predicted molar refractivity (Wildman–Crippen MR) is 98.3 cm³/mol. The van der Waals surface area contributed by atoms with E-state index >= 15 is 0 Å². The van der Waals surface area contributed by atoms with Crippen LogP contribution in [-0.2, 0) is 9.53 Å². The van der Waals surface area contributed by atoms with Crippen LogP contribution in [0.4, 0.5) is 0 Å². The fourth-order valence-electron chi connectivity index (χ4n) is 4.39. The molecule has 0 saturated carbocycles. The molecule has 7 N–H and O–H groups in total. The van der Waals surface area contributed by atoms with E-state index in [0.29, 0.717) is 13.1 Å². The number of amides is 1.